The topological polar surface area (TPSA) is 54.5 Å². The molecular formula is C19H21N3O2. The molecule has 0 aliphatic carbocycles. The Morgan fingerprint density at radius 2 is 2.17 bits per heavy atom. The number of hydrogen-bond donors (Lipinski definition) is 1. The predicted molar refractivity (Wildman–Crippen MR) is 96.0 cm³/mol. The molecule has 1 amide bonds. The minimum Gasteiger partial charge on any atom is -0.375 e. The van der Waals surface area contributed by atoms with E-state index < -0.39 is 0 Å². The molecule has 0 radical (unpaired) electrons. The Hall–Kier alpha value is -2.66. The molecule has 0 spiro atoms. The SMILES string of the molecule is C[C@@H]1CN(c2ccc(NC(=O)/C=C/c3cccnc3)cc2)CCO1. The van der Waals surface area contributed by atoms with E-state index in [0.29, 0.717) is 0 Å². The van der Waals surface area contributed by atoms with Gasteiger partial charge in [-0.05, 0) is 48.9 Å². The number of nitrogens with one attached hydrogen (secondary N) is 1. The number of carbonyl (C=O) groups is 1. The molecule has 5 heteroatoms. The lowest BCUT2D eigenvalue weighted by Gasteiger charge is -2.33. The molecule has 0 bridgehead atoms. The standard InChI is InChI=1S/C19H21N3O2/c1-15-14-22(11-12-24-15)18-7-5-17(6-8-18)21-19(23)9-4-16-3-2-10-20-13-16/h2-10,13,15H,11-12,14H2,1H3,(H,21,23)/b9-4+/t15-/m1/s1. The van der Waals surface area contributed by atoms with Crippen molar-refractivity contribution >= 4 is 23.4 Å². The number of morpholine rings is 1. The summed E-state index contributed by atoms with van der Waals surface area (Å²) in [6, 6.07) is 11.6. The molecule has 1 aliphatic rings. The smallest absolute Gasteiger partial charge is 0.248 e. The van der Waals surface area contributed by atoms with E-state index in [1.807, 2.05) is 36.4 Å². The highest BCUT2D eigenvalue weighted by Gasteiger charge is 2.16. The lowest BCUT2D eigenvalue weighted by Crippen LogP contribution is -2.41. The fourth-order valence-electron chi connectivity index (χ4n) is 2.64. The summed E-state index contributed by atoms with van der Waals surface area (Å²) in [5.41, 5.74) is 2.82. The summed E-state index contributed by atoms with van der Waals surface area (Å²) < 4.78 is 5.56. The molecule has 2 heterocycles. The number of aromatic nitrogens is 1. The van der Waals surface area contributed by atoms with E-state index in [1.165, 1.54) is 6.08 Å². The molecule has 3 rings (SSSR count). The van der Waals surface area contributed by atoms with Crippen molar-refractivity contribution in [1.82, 2.24) is 4.98 Å². The fourth-order valence-corrected chi connectivity index (χ4v) is 2.64. The predicted octanol–water partition coefficient (Wildman–Crippen LogP) is 2.96. The van der Waals surface area contributed by atoms with Gasteiger partial charge in [0.05, 0.1) is 12.7 Å². The van der Waals surface area contributed by atoms with Crippen LogP contribution in [-0.2, 0) is 9.53 Å². The molecule has 24 heavy (non-hydrogen) atoms. The third kappa shape index (κ3) is 4.43. The maximum atomic E-state index is 12.0. The summed E-state index contributed by atoms with van der Waals surface area (Å²) in [6.45, 7) is 4.61. The van der Waals surface area contributed by atoms with E-state index in [9.17, 15) is 4.79 Å². The Morgan fingerprint density at radius 3 is 2.88 bits per heavy atom. The van der Waals surface area contributed by atoms with Crippen LogP contribution in [0.1, 0.15) is 12.5 Å². The van der Waals surface area contributed by atoms with Gasteiger partial charge < -0.3 is 15.0 Å². The molecule has 1 aromatic carbocycles. The van der Waals surface area contributed by atoms with Crippen molar-refractivity contribution in [3.05, 3.63) is 60.4 Å². The van der Waals surface area contributed by atoms with Crippen LogP contribution in [0.2, 0.25) is 0 Å². The number of carbonyl (C=O) groups excluding carboxylic acids is 1. The average Bonchev–Trinajstić information content (AvgIpc) is 2.61. The van der Waals surface area contributed by atoms with E-state index in [2.05, 4.69) is 22.1 Å². The quantitative estimate of drug-likeness (QED) is 0.879. The number of pyridine rings is 1. The molecule has 124 valence electrons. The first kappa shape index (κ1) is 16.2. The normalized spacial score (nSPS) is 17.9. The Kier molecular flexibility index (Phi) is 5.23. The zero-order valence-electron chi connectivity index (χ0n) is 13.7. The second-order valence-corrected chi connectivity index (χ2v) is 5.78. The molecule has 1 atom stereocenters. The molecule has 1 aromatic heterocycles. The number of rotatable bonds is 4. The van der Waals surface area contributed by atoms with E-state index >= 15 is 0 Å². The van der Waals surface area contributed by atoms with Crippen LogP contribution in [0.4, 0.5) is 11.4 Å². The number of amides is 1. The highest BCUT2D eigenvalue weighted by Crippen LogP contribution is 2.20. The van der Waals surface area contributed by atoms with E-state index in [-0.39, 0.29) is 12.0 Å². The van der Waals surface area contributed by atoms with Gasteiger partial charge in [-0.1, -0.05) is 6.07 Å². The van der Waals surface area contributed by atoms with Crippen molar-refractivity contribution in [2.45, 2.75) is 13.0 Å². The highest BCUT2D eigenvalue weighted by molar-refractivity contribution is 6.01. The first-order valence-electron chi connectivity index (χ1n) is 8.06. The van der Waals surface area contributed by atoms with E-state index in [1.54, 1.807) is 18.5 Å². The van der Waals surface area contributed by atoms with Gasteiger partial charge in [-0.25, -0.2) is 0 Å². The molecule has 0 unspecified atom stereocenters. The van der Waals surface area contributed by atoms with E-state index in [0.717, 1.165) is 36.6 Å². The summed E-state index contributed by atoms with van der Waals surface area (Å²) in [5, 5.41) is 2.86. The van der Waals surface area contributed by atoms with Crippen molar-refractivity contribution in [3.8, 4) is 0 Å². The number of anilines is 2. The lowest BCUT2D eigenvalue weighted by atomic mass is 10.2. The fraction of sp³-hybridized carbons (Fsp3) is 0.263. The maximum Gasteiger partial charge on any atom is 0.248 e. The molecule has 1 fully saturated rings. The Morgan fingerprint density at radius 1 is 1.33 bits per heavy atom. The van der Waals surface area contributed by atoms with Crippen LogP contribution in [-0.4, -0.2) is 36.7 Å². The van der Waals surface area contributed by atoms with Gasteiger partial charge in [0.2, 0.25) is 5.91 Å². The van der Waals surface area contributed by atoms with Crippen molar-refractivity contribution in [3.63, 3.8) is 0 Å². The van der Waals surface area contributed by atoms with Crippen LogP contribution in [0.3, 0.4) is 0 Å². The van der Waals surface area contributed by atoms with Gasteiger partial charge in [0.15, 0.2) is 0 Å². The molecule has 1 N–H and O–H groups in total. The summed E-state index contributed by atoms with van der Waals surface area (Å²) in [5.74, 6) is -0.161. The van der Waals surface area contributed by atoms with Crippen LogP contribution in [0.25, 0.3) is 6.08 Å². The van der Waals surface area contributed by atoms with Gasteiger partial charge in [0.1, 0.15) is 0 Å². The number of benzene rings is 1. The van der Waals surface area contributed by atoms with Crippen LogP contribution >= 0.6 is 0 Å². The van der Waals surface area contributed by atoms with Crippen molar-refractivity contribution in [1.29, 1.82) is 0 Å². The van der Waals surface area contributed by atoms with Gasteiger partial charge >= 0.3 is 0 Å². The monoisotopic (exact) mass is 323 g/mol. The Balaban J connectivity index is 1.57. The largest absolute Gasteiger partial charge is 0.375 e. The maximum absolute atomic E-state index is 12.0. The number of nitrogens with zero attached hydrogens (tertiary/aromatic N) is 2. The minimum absolute atomic E-state index is 0.161. The number of ether oxygens (including phenoxy) is 1. The Bertz CT molecular complexity index is 698. The zero-order valence-corrected chi connectivity index (χ0v) is 13.7. The van der Waals surface area contributed by atoms with Gasteiger partial charge in [-0.2, -0.15) is 0 Å². The second kappa shape index (κ2) is 7.75. The van der Waals surface area contributed by atoms with Gasteiger partial charge in [-0.15, -0.1) is 0 Å². The van der Waals surface area contributed by atoms with Crippen LogP contribution < -0.4 is 10.2 Å². The van der Waals surface area contributed by atoms with Gasteiger partial charge in [0, 0.05) is 42.9 Å². The van der Waals surface area contributed by atoms with Crippen LogP contribution in [0, 0.1) is 0 Å². The van der Waals surface area contributed by atoms with Crippen molar-refractivity contribution in [2.24, 2.45) is 0 Å². The summed E-state index contributed by atoms with van der Waals surface area (Å²) in [4.78, 5) is 18.3. The molecular weight excluding hydrogens is 302 g/mol. The lowest BCUT2D eigenvalue weighted by molar-refractivity contribution is -0.111. The third-order valence-corrected chi connectivity index (χ3v) is 3.85. The van der Waals surface area contributed by atoms with Crippen molar-refractivity contribution in [2.75, 3.05) is 29.9 Å². The molecule has 0 saturated carbocycles. The van der Waals surface area contributed by atoms with Gasteiger partial charge in [-0.3, -0.25) is 9.78 Å². The first-order valence-corrected chi connectivity index (χ1v) is 8.06. The molecule has 5 nitrogen and oxygen atoms in total. The van der Waals surface area contributed by atoms with Gasteiger partial charge in [0.25, 0.3) is 0 Å². The summed E-state index contributed by atoms with van der Waals surface area (Å²) >= 11 is 0. The Labute approximate surface area is 142 Å². The zero-order chi connectivity index (χ0) is 16.8. The second-order valence-electron chi connectivity index (χ2n) is 5.78. The van der Waals surface area contributed by atoms with Crippen molar-refractivity contribution < 1.29 is 9.53 Å². The molecule has 1 aliphatic heterocycles. The summed E-state index contributed by atoms with van der Waals surface area (Å²) in [6.07, 6.45) is 6.91. The summed E-state index contributed by atoms with van der Waals surface area (Å²) in [7, 11) is 0. The average molecular weight is 323 g/mol. The molecule has 2 aromatic rings. The first-order chi connectivity index (χ1) is 11.7. The third-order valence-electron chi connectivity index (χ3n) is 3.85. The number of hydrogen-bond acceptors (Lipinski definition) is 4. The van der Waals surface area contributed by atoms with Crippen LogP contribution in [0.5, 0.6) is 0 Å². The van der Waals surface area contributed by atoms with E-state index in [4.69, 9.17) is 4.74 Å². The minimum atomic E-state index is -0.161. The highest BCUT2D eigenvalue weighted by atomic mass is 16.5. The van der Waals surface area contributed by atoms with Crippen LogP contribution in [0.15, 0.2) is 54.9 Å². The molecule has 1 saturated heterocycles.